The maximum Gasteiger partial charge on any atom is 0.339 e. The number of ether oxygens (including phenoxy) is 2. The zero-order valence-corrected chi connectivity index (χ0v) is 18.4. The Kier molecular flexibility index (Phi) is 9.74. The second kappa shape index (κ2) is 12.3. The van der Waals surface area contributed by atoms with Gasteiger partial charge in [0.15, 0.2) is 5.11 Å². The van der Waals surface area contributed by atoms with Crippen molar-refractivity contribution < 1.29 is 14.3 Å². The number of rotatable bonds is 10. The van der Waals surface area contributed by atoms with Gasteiger partial charge in [-0.15, -0.1) is 0 Å². The summed E-state index contributed by atoms with van der Waals surface area (Å²) < 4.78 is 10.8. The number of anilines is 1. The standard InChI is InChI=1S/C22H27ClN2O3S/c1-3-14-28-20-10-6-5-8-16(20)9-7-13-24-22(29)25-17-11-12-18(19(23)15-17)21(26)27-4-2/h5-6,8,10-12,15H,3-4,7,9,13-14H2,1-2H3,(H2,24,25,29). The number of benzene rings is 2. The van der Waals surface area contributed by atoms with Gasteiger partial charge in [0.2, 0.25) is 0 Å². The van der Waals surface area contributed by atoms with Crippen LogP contribution in [-0.4, -0.2) is 30.8 Å². The minimum atomic E-state index is -0.437. The monoisotopic (exact) mass is 434 g/mol. The smallest absolute Gasteiger partial charge is 0.339 e. The number of carbonyl (C=O) groups is 1. The molecule has 0 atom stereocenters. The van der Waals surface area contributed by atoms with Gasteiger partial charge in [0.05, 0.1) is 23.8 Å². The van der Waals surface area contributed by atoms with E-state index in [9.17, 15) is 4.79 Å². The molecule has 0 amide bonds. The number of aryl methyl sites for hydroxylation is 1. The zero-order valence-electron chi connectivity index (χ0n) is 16.8. The average Bonchev–Trinajstić information content (AvgIpc) is 2.70. The molecule has 5 nitrogen and oxygen atoms in total. The molecule has 0 bridgehead atoms. The summed E-state index contributed by atoms with van der Waals surface area (Å²) in [7, 11) is 0. The molecule has 2 rings (SSSR count). The number of hydrogen-bond donors (Lipinski definition) is 2. The maximum atomic E-state index is 11.8. The van der Waals surface area contributed by atoms with Gasteiger partial charge >= 0.3 is 5.97 Å². The van der Waals surface area contributed by atoms with Crippen LogP contribution in [0.1, 0.15) is 42.6 Å². The normalized spacial score (nSPS) is 10.3. The van der Waals surface area contributed by atoms with Crippen LogP contribution in [0, 0.1) is 0 Å². The molecule has 0 unspecified atom stereocenters. The van der Waals surface area contributed by atoms with Crippen molar-refractivity contribution in [2.45, 2.75) is 33.1 Å². The van der Waals surface area contributed by atoms with E-state index in [-0.39, 0.29) is 0 Å². The average molecular weight is 435 g/mol. The van der Waals surface area contributed by atoms with Crippen LogP contribution >= 0.6 is 23.8 Å². The molecular formula is C22H27ClN2O3S. The SMILES string of the molecule is CCCOc1ccccc1CCCNC(=S)Nc1ccc(C(=O)OCC)c(Cl)c1. The number of hydrogen-bond acceptors (Lipinski definition) is 4. The van der Waals surface area contributed by atoms with Gasteiger partial charge in [0.1, 0.15) is 5.75 Å². The second-order valence-corrected chi connectivity index (χ2v) is 7.17. The van der Waals surface area contributed by atoms with Crippen molar-refractivity contribution in [1.29, 1.82) is 0 Å². The van der Waals surface area contributed by atoms with Gasteiger partial charge in [0.25, 0.3) is 0 Å². The summed E-state index contributed by atoms with van der Waals surface area (Å²) >= 11 is 11.5. The zero-order chi connectivity index (χ0) is 21.1. The Hall–Kier alpha value is -2.31. The van der Waals surface area contributed by atoms with Crippen molar-refractivity contribution in [2.24, 2.45) is 0 Å². The van der Waals surface area contributed by atoms with E-state index >= 15 is 0 Å². The molecule has 0 spiro atoms. The van der Waals surface area contributed by atoms with E-state index in [0.717, 1.165) is 38.2 Å². The molecule has 0 saturated heterocycles. The van der Waals surface area contributed by atoms with Gasteiger partial charge in [-0.1, -0.05) is 36.7 Å². The van der Waals surface area contributed by atoms with Crippen LogP contribution in [0.5, 0.6) is 5.75 Å². The van der Waals surface area contributed by atoms with Gasteiger partial charge in [-0.2, -0.15) is 0 Å². The fraction of sp³-hybridized carbons (Fsp3) is 0.364. The van der Waals surface area contributed by atoms with E-state index in [4.69, 9.17) is 33.3 Å². The highest BCUT2D eigenvalue weighted by atomic mass is 35.5. The second-order valence-electron chi connectivity index (χ2n) is 6.36. The van der Waals surface area contributed by atoms with Crippen LogP contribution in [0.2, 0.25) is 5.02 Å². The van der Waals surface area contributed by atoms with E-state index in [1.54, 1.807) is 25.1 Å². The van der Waals surface area contributed by atoms with Crippen LogP contribution in [-0.2, 0) is 11.2 Å². The van der Waals surface area contributed by atoms with Crippen LogP contribution in [0.15, 0.2) is 42.5 Å². The number of thiocarbonyl (C=S) groups is 1. The lowest BCUT2D eigenvalue weighted by Crippen LogP contribution is -2.29. The summed E-state index contributed by atoms with van der Waals surface area (Å²) in [6, 6.07) is 13.1. The minimum absolute atomic E-state index is 0.304. The molecule has 7 heteroatoms. The molecule has 2 aromatic rings. The van der Waals surface area contributed by atoms with Crippen molar-refractivity contribution in [3.8, 4) is 5.75 Å². The number of halogens is 1. The summed E-state index contributed by atoms with van der Waals surface area (Å²) in [5, 5.41) is 7.08. The lowest BCUT2D eigenvalue weighted by atomic mass is 10.1. The maximum absolute atomic E-state index is 11.8. The molecule has 0 aliphatic rings. The molecule has 0 radical (unpaired) electrons. The first-order valence-corrected chi connectivity index (χ1v) is 10.6. The van der Waals surface area contributed by atoms with Gasteiger partial charge in [-0.25, -0.2) is 4.79 Å². The Labute approximate surface area is 182 Å². The van der Waals surface area contributed by atoms with E-state index in [2.05, 4.69) is 23.6 Å². The number of carbonyl (C=O) groups excluding carboxylic acids is 1. The fourth-order valence-electron chi connectivity index (χ4n) is 2.69. The van der Waals surface area contributed by atoms with Crippen LogP contribution in [0.3, 0.4) is 0 Å². The van der Waals surface area contributed by atoms with E-state index < -0.39 is 5.97 Å². The Morgan fingerprint density at radius 1 is 1.17 bits per heavy atom. The highest BCUT2D eigenvalue weighted by Crippen LogP contribution is 2.22. The molecule has 29 heavy (non-hydrogen) atoms. The van der Waals surface area contributed by atoms with E-state index in [1.807, 2.05) is 18.2 Å². The summed E-state index contributed by atoms with van der Waals surface area (Å²) in [6.45, 7) is 5.60. The van der Waals surface area contributed by atoms with Gasteiger partial charge in [-0.05, 0) is 68.2 Å². The first-order chi connectivity index (χ1) is 14.0. The molecule has 0 heterocycles. The number of para-hydroxylation sites is 1. The van der Waals surface area contributed by atoms with Crippen LogP contribution in [0.25, 0.3) is 0 Å². The summed E-state index contributed by atoms with van der Waals surface area (Å²) in [4.78, 5) is 11.8. The molecule has 0 aromatic heterocycles. The van der Waals surface area contributed by atoms with Crippen LogP contribution < -0.4 is 15.4 Å². The number of esters is 1. The van der Waals surface area contributed by atoms with Gasteiger partial charge in [0, 0.05) is 12.2 Å². The molecule has 2 N–H and O–H groups in total. The summed E-state index contributed by atoms with van der Waals surface area (Å²) in [5.74, 6) is 0.513. The summed E-state index contributed by atoms with van der Waals surface area (Å²) in [5.41, 5.74) is 2.24. The van der Waals surface area contributed by atoms with Crippen molar-refractivity contribution in [3.05, 3.63) is 58.6 Å². The van der Waals surface area contributed by atoms with Crippen LogP contribution in [0.4, 0.5) is 5.69 Å². The van der Waals surface area contributed by atoms with Crippen molar-refractivity contribution >= 4 is 40.6 Å². The molecule has 0 fully saturated rings. The predicted molar refractivity (Wildman–Crippen MR) is 122 cm³/mol. The van der Waals surface area contributed by atoms with Crippen molar-refractivity contribution in [3.63, 3.8) is 0 Å². The first kappa shape index (κ1) is 23.0. The summed E-state index contributed by atoms with van der Waals surface area (Å²) in [6.07, 6.45) is 2.80. The molecule has 0 aliphatic heterocycles. The third-order valence-electron chi connectivity index (χ3n) is 4.07. The van der Waals surface area contributed by atoms with Gasteiger partial charge < -0.3 is 20.1 Å². The first-order valence-electron chi connectivity index (χ1n) is 9.77. The molecule has 2 aromatic carbocycles. The Morgan fingerprint density at radius 3 is 2.69 bits per heavy atom. The largest absolute Gasteiger partial charge is 0.493 e. The third-order valence-corrected chi connectivity index (χ3v) is 4.62. The third kappa shape index (κ3) is 7.55. The van der Waals surface area contributed by atoms with Crippen molar-refractivity contribution in [1.82, 2.24) is 5.32 Å². The van der Waals surface area contributed by atoms with E-state index in [1.165, 1.54) is 5.56 Å². The Balaban J connectivity index is 1.79. The quantitative estimate of drug-likeness (QED) is 0.303. The topological polar surface area (TPSA) is 59.6 Å². The number of nitrogens with one attached hydrogen (secondary N) is 2. The lowest BCUT2D eigenvalue weighted by Gasteiger charge is -2.13. The predicted octanol–water partition coefficient (Wildman–Crippen LogP) is 5.22. The molecule has 156 valence electrons. The Bertz CT molecular complexity index is 829. The van der Waals surface area contributed by atoms with Gasteiger partial charge in [-0.3, -0.25) is 0 Å². The molecular weight excluding hydrogens is 408 g/mol. The molecule has 0 aliphatic carbocycles. The minimum Gasteiger partial charge on any atom is -0.493 e. The Morgan fingerprint density at radius 2 is 1.97 bits per heavy atom. The highest BCUT2D eigenvalue weighted by Gasteiger charge is 2.12. The molecule has 0 saturated carbocycles. The van der Waals surface area contributed by atoms with E-state index in [0.29, 0.717) is 28.0 Å². The highest BCUT2D eigenvalue weighted by molar-refractivity contribution is 7.80. The lowest BCUT2D eigenvalue weighted by molar-refractivity contribution is 0.0526. The fourth-order valence-corrected chi connectivity index (χ4v) is 3.16. The van der Waals surface area contributed by atoms with Crippen molar-refractivity contribution in [2.75, 3.05) is 25.1 Å².